The molecule has 0 aliphatic carbocycles. The Morgan fingerprint density at radius 2 is 1.83 bits per heavy atom. The lowest BCUT2D eigenvalue weighted by Crippen LogP contribution is -2.32. The molecule has 0 saturated carbocycles. The minimum atomic E-state index is -4.67. The van der Waals surface area contributed by atoms with Crippen LogP contribution in [0.15, 0.2) is 41.3 Å². The fourth-order valence-electron chi connectivity index (χ4n) is 1.92. The number of nitrogens with one attached hydrogen (secondary N) is 1. The van der Waals surface area contributed by atoms with Gasteiger partial charge in [0.05, 0.1) is 5.56 Å². The van der Waals surface area contributed by atoms with E-state index in [2.05, 4.69) is 5.32 Å². The van der Waals surface area contributed by atoms with Crippen LogP contribution in [0.3, 0.4) is 0 Å². The third-order valence-corrected chi connectivity index (χ3v) is 3.76. The van der Waals surface area contributed by atoms with E-state index < -0.39 is 34.8 Å². The van der Waals surface area contributed by atoms with E-state index in [1.165, 1.54) is 0 Å². The molecule has 0 aliphatic heterocycles. The summed E-state index contributed by atoms with van der Waals surface area (Å²) in [5, 5.41) is 2.32. The number of rotatable bonds is 4. The van der Waals surface area contributed by atoms with Crippen molar-refractivity contribution in [1.82, 2.24) is 9.88 Å². The molecule has 128 valence electrons. The van der Waals surface area contributed by atoms with Crippen molar-refractivity contribution >= 4 is 29.1 Å². The van der Waals surface area contributed by atoms with Crippen LogP contribution in [0, 0.1) is 0 Å². The van der Waals surface area contributed by atoms with Gasteiger partial charge in [0.25, 0.3) is 5.56 Å². The molecule has 9 heteroatoms. The molecular formula is C15H11Cl2F3N2O2. The van der Waals surface area contributed by atoms with Crippen molar-refractivity contribution in [2.24, 2.45) is 0 Å². The van der Waals surface area contributed by atoms with E-state index in [4.69, 9.17) is 23.2 Å². The Labute approximate surface area is 144 Å². The van der Waals surface area contributed by atoms with Crippen LogP contribution in [0.1, 0.15) is 11.1 Å². The molecule has 0 atom stereocenters. The summed E-state index contributed by atoms with van der Waals surface area (Å²) >= 11 is 11.5. The molecule has 2 aromatic rings. The summed E-state index contributed by atoms with van der Waals surface area (Å²) in [5.41, 5.74) is -1.34. The summed E-state index contributed by atoms with van der Waals surface area (Å²) < 4.78 is 38.8. The van der Waals surface area contributed by atoms with Crippen LogP contribution >= 0.6 is 23.2 Å². The zero-order chi connectivity index (χ0) is 17.9. The summed E-state index contributed by atoms with van der Waals surface area (Å²) in [6.45, 7) is -0.507. The maximum absolute atomic E-state index is 12.7. The lowest BCUT2D eigenvalue weighted by molar-refractivity contribution is -0.138. The summed E-state index contributed by atoms with van der Waals surface area (Å²) in [6, 6.07) is 7.31. The molecule has 0 bridgehead atoms. The predicted octanol–water partition coefficient (Wildman–Crippen LogP) is 3.49. The second kappa shape index (κ2) is 7.27. The number of halogens is 5. The Balaban J connectivity index is 2.13. The monoisotopic (exact) mass is 378 g/mol. The molecular weight excluding hydrogens is 368 g/mol. The first-order valence-corrected chi connectivity index (χ1v) is 7.41. The molecule has 1 aromatic carbocycles. The molecule has 0 radical (unpaired) electrons. The first-order chi connectivity index (χ1) is 11.2. The molecule has 0 aliphatic rings. The summed E-state index contributed by atoms with van der Waals surface area (Å²) in [4.78, 5) is 23.7. The number of hydrogen-bond donors (Lipinski definition) is 1. The van der Waals surface area contributed by atoms with Gasteiger partial charge in [-0.2, -0.15) is 13.2 Å². The van der Waals surface area contributed by atoms with E-state index in [1.54, 1.807) is 24.3 Å². The Bertz CT molecular complexity index is 819. The van der Waals surface area contributed by atoms with Crippen LogP contribution in [-0.4, -0.2) is 10.5 Å². The molecule has 0 unspecified atom stereocenters. The van der Waals surface area contributed by atoms with E-state index in [0.29, 0.717) is 27.4 Å². The van der Waals surface area contributed by atoms with Crippen molar-refractivity contribution in [3.63, 3.8) is 0 Å². The average molecular weight is 379 g/mol. The van der Waals surface area contributed by atoms with Gasteiger partial charge in [0.15, 0.2) is 0 Å². The highest BCUT2D eigenvalue weighted by Crippen LogP contribution is 2.29. The highest BCUT2D eigenvalue weighted by Gasteiger charge is 2.32. The van der Waals surface area contributed by atoms with Gasteiger partial charge in [-0.05, 0) is 17.7 Å². The number of carbonyl (C=O) groups excluding carboxylic acids is 1. The molecule has 1 heterocycles. The molecule has 4 nitrogen and oxygen atoms in total. The maximum Gasteiger partial charge on any atom is 0.417 e. The first-order valence-electron chi connectivity index (χ1n) is 6.66. The van der Waals surface area contributed by atoms with Gasteiger partial charge in [-0.15, -0.1) is 0 Å². The number of aromatic nitrogens is 1. The fraction of sp³-hybridized carbons (Fsp3) is 0.200. The highest BCUT2D eigenvalue weighted by molar-refractivity contribution is 6.31. The Hall–Kier alpha value is -1.99. The molecule has 2 rings (SSSR count). The Morgan fingerprint density at radius 3 is 2.46 bits per heavy atom. The lowest BCUT2D eigenvalue weighted by atomic mass is 10.2. The van der Waals surface area contributed by atoms with E-state index in [1.807, 2.05) is 0 Å². The average Bonchev–Trinajstić information content (AvgIpc) is 2.50. The smallest absolute Gasteiger partial charge is 0.350 e. The number of benzene rings is 1. The first kappa shape index (κ1) is 18.4. The summed E-state index contributed by atoms with van der Waals surface area (Å²) in [7, 11) is 0. The normalized spacial score (nSPS) is 11.4. The topological polar surface area (TPSA) is 51.1 Å². The Kier molecular flexibility index (Phi) is 5.56. The number of carbonyl (C=O) groups is 1. The van der Waals surface area contributed by atoms with Gasteiger partial charge < -0.3 is 9.88 Å². The van der Waals surface area contributed by atoms with Crippen LogP contribution in [0.5, 0.6) is 0 Å². The van der Waals surface area contributed by atoms with E-state index in [0.717, 1.165) is 0 Å². The highest BCUT2D eigenvalue weighted by atomic mass is 35.5. The van der Waals surface area contributed by atoms with Crippen molar-refractivity contribution in [2.75, 3.05) is 0 Å². The van der Waals surface area contributed by atoms with Gasteiger partial charge in [-0.25, -0.2) is 0 Å². The van der Waals surface area contributed by atoms with Crippen LogP contribution in [0.25, 0.3) is 0 Å². The van der Waals surface area contributed by atoms with Gasteiger partial charge in [-0.1, -0.05) is 41.4 Å². The SMILES string of the molecule is O=C(Cn1cc(C(F)(F)F)cc(Cl)c1=O)NCc1ccccc1Cl. The number of hydrogen-bond acceptors (Lipinski definition) is 2. The zero-order valence-corrected chi connectivity index (χ0v) is 13.5. The molecule has 1 N–H and O–H groups in total. The van der Waals surface area contributed by atoms with E-state index in [-0.39, 0.29) is 6.54 Å². The number of pyridine rings is 1. The third kappa shape index (κ3) is 4.52. The maximum atomic E-state index is 12.7. The minimum Gasteiger partial charge on any atom is -0.350 e. The van der Waals surface area contributed by atoms with Crippen molar-refractivity contribution in [3.8, 4) is 0 Å². The van der Waals surface area contributed by atoms with Gasteiger partial charge in [0.2, 0.25) is 5.91 Å². The minimum absolute atomic E-state index is 0.0833. The van der Waals surface area contributed by atoms with E-state index in [9.17, 15) is 22.8 Å². The quantitative estimate of drug-likeness (QED) is 0.885. The van der Waals surface area contributed by atoms with Crippen LogP contribution in [0.2, 0.25) is 10.0 Å². The second-order valence-electron chi connectivity index (χ2n) is 4.88. The van der Waals surface area contributed by atoms with Gasteiger partial charge >= 0.3 is 6.18 Å². The third-order valence-electron chi connectivity index (χ3n) is 3.12. The lowest BCUT2D eigenvalue weighted by Gasteiger charge is -2.12. The largest absolute Gasteiger partial charge is 0.417 e. The van der Waals surface area contributed by atoms with Crippen molar-refractivity contribution in [3.05, 3.63) is 68.1 Å². The van der Waals surface area contributed by atoms with Crippen LogP contribution in [-0.2, 0) is 24.1 Å². The fourth-order valence-corrected chi connectivity index (χ4v) is 2.35. The number of nitrogens with zero attached hydrogens (tertiary/aromatic N) is 1. The summed E-state index contributed by atoms with van der Waals surface area (Å²) in [5.74, 6) is -0.646. The van der Waals surface area contributed by atoms with Crippen molar-refractivity contribution < 1.29 is 18.0 Å². The van der Waals surface area contributed by atoms with Gasteiger partial charge in [0, 0.05) is 17.8 Å². The van der Waals surface area contributed by atoms with Crippen molar-refractivity contribution in [1.29, 1.82) is 0 Å². The number of alkyl halides is 3. The molecule has 24 heavy (non-hydrogen) atoms. The standard InChI is InChI=1S/C15H11Cl2F3N2O2/c16-11-4-2-1-3-9(11)6-21-13(23)8-22-7-10(15(18,19)20)5-12(17)14(22)24/h1-5,7H,6,8H2,(H,21,23). The van der Waals surface area contributed by atoms with Gasteiger partial charge in [0.1, 0.15) is 11.6 Å². The molecule has 0 saturated heterocycles. The van der Waals surface area contributed by atoms with Crippen molar-refractivity contribution in [2.45, 2.75) is 19.3 Å². The zero-order valence-electron chi connectivity index (χ0n) is 12.0. The molecule has 0 fully saturated rings. The second-order valence-corrected chi connectivity index (χ2v) is 5.69. The predicted molar refractivity (Wildman–Crippen MR) is 84.0 cm³/mol. The van der Waals surface area contributed by atoms with Crippen LogP contribution < -0.4 is 10.9 Å². The molecule has 0 spiro atoms. The van der Waals surface area contributed by atoms with Crippen LogP contribution in [0.4, 0.5) is 13.2 Å². The molecule has 1 aromatic heterocycles. The Morgan fingerprint density at radius 1 is 1.17 bits per heavy atom. The summed E-state index contributed by atoms with van der Waals surface area (Å²) in [6.07, 6.45) is -4.11. The van der Waals surface area contributed by atoms with E-state index >= 15 is 0 Å². The molecule has 1 amide bonds. The van der Waals surface area contributed by atoms with Gasteiger partial charge in [-0.3, -0.25) is 9.59 Å². The number of amides is 1.